The van der Waals surface area contributed by atoms with Crippen LogP contribution in [0.15, 0.2) is 35.3 Å². The van der Waals surface area contributed by atoms with Crippen molar-refractivity contribution < 1.29 is 9.18 Å². The molecule has 0 spiro atoms. The van der Waals surface area contributed by atoms with E-state index in [0.717, 1.165) is 33.4 Å². The molecule has 28 heavy (non-hydrogen) atoms. The third-order valence-electron chi connectivity index (χ3n) is 5.27. The number of aryl methyl sites for hydroxylation is 1. The highest BCUT2D eigenvalue weighted by molar-refractivity contribution is 6.10. The van der Waals surface area contributed by atoms with Gasteiger partial charge in [-0.25, -0.2) is 4.39 Å². The maximum atomic E-state index is 13.9. The molecule has 1 aromatic heterocycles. The molecule has 0 radical (unpaired) electrons. The SMILES string of the molecule is CCNC(=O)c1c(C(C)C)n(-c2ccc(F)c(C)c2)c2cc3c(cc12)CN=C3. The van der Waals surface area contributed by atoms with Gasteiger partial charge in [0.25, 0.3) is 5.91 Å². The minimum atomic E-state index is -0.233. The van der Waals surface area contributed by atoms with Crippen LogP contribution in [-0.2, 0) is 6.54 Å². The average molecular weight is 377 g/mol. The van der Waals surface area contributed by atoms with E-state index in [1.54, 1.807) is 13.0 Å². The molecule has 1 N–H and O–H groups in total. The van der Waals surface area contributed by atoms with Gasteiger partial charge in [-0.05, 0) is 66.8 Å². The van der Waals surface area contributed by atoms with Crippen molar-refractivity contribution in [2.24, 2.45) is 4.99 Å². The number of nitrogens with one attached hydrogen (secondary N) is 1. The summed E-state index contributed by atoms with van der Waals surface area (Å²) in [7, 11) is 0. The van der Waals surface area contributed by atoms with Crippen molar-refractivity contribution >= 4 is 23.0 Å². The summed E-state index contributed by atoms with van der Waals surface area (Å²) in [6.07, 6.45) is 1.88. The van der Waals surface area contributed by atoms with Crippen molar-refractivity contribution in [3.05, 3.63) is 64.1 Å². The number of carbonyl (C=O) groups is 1. The lowest BCUT2D eigenvalue weighted by molar-refractivity contribution is 0.0956. The summed E-state index contributed by atoms with van der Waals surface area (Å²) < 4.78 is 16.0. The molecular weight excluding hydrogens is 353 g/mol. The predicted molar refractivity (Wildman–Crippen MR) is 111 cm³/mol. The molecule has 0 aliphatic carbocycles. The molecule has 0 saturated carbocycles. The Kier molecular flexibility index (Phi) is 4.53. The maximum Gasteiger partial charge on any atom is 0.253 e. The summed E-state index contributed by atoms with van der Waals surface area (Å²) in [5, 5.41) is 3.88. The number of hydrogen-bond donors (Lipinski definition) is 1. The van der Waals surface area contributed by atoms with Crippen LogP contribution in [0.3, 0.4) is 0 Å². The fraction of sp³-hybridized carbons (Fsp3) is 0.304. The van der Waals surface area contributed by atoms with Gasteiger partial charge in [0, 0.05) is 29.5 Å². The molecule has 2 heterocycles. The van der Waals surface area contributed by atoms with Crippen LogP contribution in [0.5, 0.6) is 0 Å². The Morgan fingerprint density at radius 2 is 2.07 bits per heavy atom. The van der Waals surface area contributed by atoms with E-state index in [9.17, 15) is 9.18 Å². The first-order chi connectivity index (χ1) is 13.4. The smallest absolute Gasteiger partial charge is 0.253 e. The molecule has 0 bridgehead atoms. The van der Waals surface area contributed by atoms with Crippen molar-refractivity contribution in [3.8, 4) is 5.69 Å². The highest BCUT2D eigenvalue weighted by Gasteiger charge is 2.26. The first kappa shape index (κ1) is 18.4. The molecule has 3 aromatic rings. The molecule has 0 saturated heterocycles. The number of halogens is 1. The van der Waals surface area contributed by atoms with E-state index >= 15 is 0 Å². The van der Waals surface area contributed by atoms with Gasteiger partial charge in [0.1, 0.15) is 5.82 Å². The highest BCUT2D eigenvalue weighted by Crippen LogP contribution is 2.36. The van der Waals surface area contributed by atoms with Crippen LogP contribution in [-0.4, -0.2) is 23.2 Å². The summed E-state index contributed by atoms with van der Waals surface area (Å²) in [6, 6.07) is 9.27. The Hall–Kier alpha value is -2.95. The Morgan fingerprint density at radius 1 is 1.29 bits per heavy atom. The lowest BCUT2D eigenvalue weighted by atomic mass is 10.00. The van der Waals surface area contributed by atoms with E-state index in [1.165, 1.54) is 6.07 Å². The molecule has 1 amide bonds. The van der Waals surface area contributed by atoms with Crippen molar-refractivity contribution in [3.63, 3.8) is 0 Å². The second kappa shape index (κ2) is 6.89. The minimum Gasteiger partial charge on any atom is -0.352 e. The largest absolute Gasteiger partial charge is 0.352 e. The fourth-order valence-electron chi connectivity index (χ4n) is 3.99. The summed E-state index contributed by atoms with van der Waals surface area (Å²) in [5.41, 5.74) is 6.22. The summed E-state index contributed by atoms with van der Waals surface area (Å²) in [5.74, 6) is -0.199. The van der Waals surface area contributed by atoms with Crippen LogP contribution in [0.4, 0.5) is 4.39 Å². The molecule has 0 atom stereocenters. The Balaban J connectivity index is 2.12. The van der Waals surface area contributed by atoms with Gasteiger partial charge in [0.05, 0.1) is 17.6 Å². The second-order valence-corrected chi connectivity index (χ2v) is 7.58. The molecule has 144 valence electrons. The average Bonchev–Trinajstić information content (AvgIpc) is 3.23. The van der Waals surface area contributed by atoms with Gasteiger partial charge in [0.15, 0.2) is 0 Å². The first-order valence-electron chi connectivity index (χ1n) is 9.68. The van der Waals surface area contributed by atoms with Crippen LogP contribution < -0.4 is 5.32 Å². The molecular formula is C23H24FN3O. The molecule has 1 aliphatic rings. The van der Waals surface area contributed by atoms with Crippen LogP contribution in [0.2, 0.25) is 0 Å². The van der Waals surface area contributed by atoms with Crippen LogP contribution in [0.25, 0.3) is 16.6 Å². The van der Waals surface area contributed by atoms with Crippen LogP contribution >= 0.6 is 0 Å². The van der Waals surface area contributed by atoms with Crippen LogP contribution in [0.1, 0.15) is 59.4 Å². The molecule has 0 fully saturated rings. The molecule has 0 unspecified atom stereocenters. The zero-order valence-electron chi connectivity index (χ0n) is 16.6. The number of hydrogen-bond acceptors (Lipinski definition) is 2. The van der Waals surface area contributed by atoms with E-state index in [1.807, 2.05) is 19.2 Å². The third-order valence-corrected chi connectivity index (χ3v) is 5.27. The van der Waals surface area contributed by atoms with E-state index in [-0.39, 0.29) is 17.6 Å². The van der Waals surface area contributed by atoms with E-state index < -0.39 is 0 Å². The number of nitrogens with zero attached hydrogens (tertiary/aromatic N) is 2. The van der Waals surface area contributed by atoms with Crippen molar-refractivity contribution in [2.75, 3.05) is 6.54 Å². The Labute approximate surface area is 164 Å². The second-order valence-electron chi connectivity index (χ2n) is 7.58. The zero-order chi connectivity index (χ0) is 20.0. The van der Waals surface area contributed by atoms with Gasteiger partial charge in [0.2, 0.25) is 0 Å². The van der Waals surface area contributed by atoms with Gasteiger partial charge in [-0.3, -0.25) is 9.79 Å². The lowest BCUT2D eigenvalue weighted by Gasteiger charge is -2.16. The summed E-state index contributed by atoms with van der Waals surface area (Å²) >= 11 is 0. The number of carbonyl (C=O) groups excluding carboxylic acids is 1. The number of rotatable bonds is 4. The van der Waals surface area contributed by atoms with Gasteiger partial charge >= 0.3 is 0 Å². The van der Waals surface area contributed by atoms with Crippen molar-refractivity contribution in [1.82, 2.24) is 9.88 Å². The Bertz CT molecular complexity index is 1120. The minimum absolute atomic E-state index is 0.0763. The lowest BCUT2D eigenvalue weighted by Crippen LogP contribution is -2.24. The molecule has 1 aliphatic heterocycles. The van der Waals surface area contributed by atoms with E-state index in [0.29, 0.717) is 24.2 Å². The van der Waals surface area contributed by atoms with Gasteiger partial charge in [-0.15, -0.1) is 0 Å². The normalized spacial score (nSPS) is 12.8. The van der Waals surface area contributed by atoms with Gasteiger partial charge < -0.3 is 9.88 Å². The quantitative estimate of drug-likeness (QED) is 0.692. The van der Waals surface area contributed by atoms with E-state index in [2.05, 4.69) is 40.9 Å². The first-order valence-corrected chi connectivity index (χ1v) is 9.68. The number of fused-ring (bicyclic) bond motifs is 2. The molecule has 4 nitrogen and oxygen atoms in total. The molecule has 2 aromatic carbocycles. The topological polar surface area (TPSA) is 46.4 Å². The summed E-state index contributed by atoms with van der Waals surface area (Å²) in [6.45, 7) is 9.04. The maximum absolute atomic E-state index is 13.9. The Morgan fingerprint density at radius 3 is 2.75 bits per heavy atom. The third kappa shape index (κ3) is 2.82. The van der Waals surface area contributed by atoms with Gasteiger partial charge in [-0.1, -0.05) is 13.8 Å². The van der Waals surface area contributed by atoms with Crippen LogP contribution in [0, 0.1) is 12.7 Å². The number of aromatic nitrogens is 1. The zero-order valence-corrected chi connectivity index (χ0v) is 16.6. The highest BCUT2D eigenvalue weighted by atomic mass is 19.1. The molecule has 5 heteroatoms. The van der Waals surface area contributed by atoms with Crippen molar-refractivity contribution in [2.45, 2.75) is 40.2 Å². The molecule has 4 rings (SSSR count). The van der Waals surface area contributed by atoms with Crippen molar-refractivity contribution in [1.29, 1.82) is 0 Å². The fourth-order valence-corrected chi connectivity index (χ4v) is 3.99. The van der Waals surface area contributed by atoms with Gasteiger partial charge in [-0.2, -0.15) is 0 Å². The van der Waals surface area contributed by atoms with E-state index in [4.69, 9.17) is 0 Å². The standard InChI is InChI=1S/C23H24FN3O/c1-5-26-23(28)21-18-9-15-11-25-12-16(15)10-20(18)27(22(21)13(2)3)17-6-7-19(24)14(4)8-17/h6-10,12-13H,5,11H2,1-4H3,(H,26,28). The number of amides is 1. The monoisotopic (exact) mass is 377 g/mol. The summed E-state index contributed by atoms with van der Waals surface area (Å²) in [4.78, 5) is 17.4. The number of aliphatic imine (C=N–C) groups is 1. The number of benzene rings is 2. The predicted octanol–water partition coefficient (Wildman–Crippen LogP) is 4.88.